The fourth-order valence-corrected chi connectivity index (χ4v) is 1.58. The minimum atomic E-state index is -0.0398. The number of rotatable bonds is 5. The van der Waals surface area contributed by atoms with Crippen LogP contribution in [-0.4, -0.2) is 16.9 Å². The van der Waals surface area contributed by atoms with Gasteiger partial charge in [0.2, 0.25) is 0 Å². The van der Waals surface area contributed by atoms with Crippen LogP contribution in [0.5, 0.6) is 5.75 Å². The molecule has 3 N–H and O–H groups in total. The van der Waals surface area contributed by atoms with E-state index in [1.165, 1.54) is 0 Å². The van der Waals surface area contributed by atoms with Crippen molar-refractivity contribution in [1.82, 2.24) is 4.98 Å². The molecule has 1 heterocycles. The van der Waals surface area contributed by atoms with Gasteiger partial charge in [0, 0.05) is 12.3 Å². The van der Waals surface area contributed by atoms with Crippen molar-refractivity contribution in [2.45, 2.75) is 33.3 Å². The van der Waals surface area contributed by atoms with Crippen LogP contribution in [-0.2, 0) is 0 Å². The van der Waals surface area contributed by atoms with Gasteiger partial charge in [-0.1, -0.05) is 13.8 Å². The lowest BCUT2D eigenvalue weighted by molar-refractivity contribution is 0.193. The van der Waals surface area contributed by atoms with Gasteiger partial charge in [-0.3, -0.25) is 10.4 Å². The molecule has 0 radical (unpaired) electrons. The number of amidine groups is 1. The molecule has 1 aromatic rings. The quantitative estimate of drug-likeness (QED) is 0.591. The Balaban J connectivity index is 2.66. The predicted molar refractivity (Wildman–Crippen MR) is 64.8 cm³/mol. The van der Waals surface area contributed by atoms with E-state index < -0.39 is 0 Å². The number of hydrogen-bond donors (Lipinski definition) is 2. The second-order valence-corrected chi connectivity index (χ2v) is 4.35. The minimum Gasteiger partial charge on any atom is -0.491 e. The third-order valence-electron chi connectivity index (χ3n) is 2.15. The number of nitrogen functional groups attached to an aromatic ring is 1. The van der Waals surface area contributed by atoms with E-state index in [0.717, 1.165) is 6.42 Å². The Hall–Kier alpha value is -1.58. The van der Waals surface area contributed by atoms with Crippen molar-refractivity contribution in [2.75, 3.05) is 0 Å². The van der Waals surface area contributed by atoms with E-state index in [0.29, 0.717) is 17.4 Å². The molecule has 4 nitrogen and oxygen atoms in total. The third-order valence-corrected chi connectivity index (χ3v) is 2.15. The summed E-state index contributed by atoms with van der Waals surface area (Å²) in [5.74, 6) is 1.28. The van der Waals surface area contributed by atoms with Gasteiger partial charge in [-0.2, -0.15) is 0 Å². The topological polar surface area (TPSA) is 72.0 Å². The predicted octanol–water partition coefficient (Wildman–Crippen LogP) is 2.18. The fraction of sp³-hybridized carbons (Fsp3) is 0.500. The molecule has 88 valence electrons. The first-order valence-electron chi connectivity index (χ1n) is 5.46. The molecule has 1 rings (SSSR count). The van der Waals surface area contributed by atoms with Gasteiger partial charge in [0.25, 0.3) is 0 Å². The van der Waals surface area contributed by atoms with Crippen LogP contribution in [0.4, 0.5) is 0 Å². The molecule has 0 amide bonds. The molecular formula is C12H19N3O. The van der Waals surface area contributed by atoms with Crippen molar-refractivity contribution >= 4 is 5.84 Å². The first kappa shape index (κ1) is 12.5. The van der Waals surface area contributed by atoms with Gasteiger partial charge in [-0.05, 0) is 25.3 Å². The molecule has 0 saturated carbocycles. The van der Waals surface area contributed by atoms with E-state index in [9.17, 15) is 0 Å². The molecule has 0 aliphatic carbocycles. The maximum Gasteiger partial charge on any atom is 0.141 e. The molecule has 0 aliphatic heterocycles. The number of ether oxygens (including phenoxy) is 1. The van der Waals surface area contributed by atoms with Crippen molar-refractivity contribution in [1.29, 1.82) is 5.41 Å². The molecule has 0 bridgehead atoms. The zero-order valence-electron chi connectivity index (χ0n) is 10.0. The number of nitrogens with two attached hydrogens (primary N) is 1. The minimum absolute atomic E-state index is 0.0398. The molecule has 1 aromatic heterocycles. The summed E-state index contributed by atoms with van der Waals surface area (Å²) in [5.41, 5.74) is 5.81. The number of nitrogens with zero attached hydrogens (tertiary/aromatic N) is 1. The monoisotopic (exact) mass is 221 g/mol. The van der Waals surface area contributed by atoms with Crippen molar-refractivity contribution in [3.8, 4) is 5.75 Å². The Labute approximate surface area is 96.3 Å². The largest absolute Gasteiger partial charge is 0.491 e. The standard InChI is InChI=1S/C12H19N3O/c1-8(2)6-9(3)16-10-4-5-15-11(7-10)12(13)14/h4-5,7-9H,6H2,1-3H3,(H3,13,14). The lowest BCUT2D eigenvalue weighted by Crippen LogP contribution is -2.16. The van der Waals surface area contributed by atoms with Gasteiger partial charge in [0.15, 0.2) is 0 Å². The van der Waals surface area contributed by atoms with Crippen molar-refractivity contribution in [3.05, 3.63) is 24.0 Å². The van der Waals surface area contributed by atoms with E-state index in [1.54, 1.807) is 18.3 Å². The Morgan fingerprint density at radius 2 is 2.19 bits per heavy atom. The van der Waals surface area contributed by atoms with Crippen LogP contribution >= 0.6 is 0 Å². The van der Waals surface area contributed by atoms with Crippen LogP contribution in [0.3, 0.4) is 0 Å². The summed E-state index contributed by atoms with van der Waals surface area (Å²) in [7, 11) is 0. The molecule has 0 spiro atoms. The molecule has 16 heavy (non-hydrogen) atoms. The molecule has 1 unspecified atom stereocenters. The summed E-state index contributed by atoms with van der Waals surface area (Å²) in [6, 6.07) is 3.47. The first-order valence-corrected chi connectivity index (χ1v) is 5.46. The highest BCUT2D eigenvalue weighted by molar-refractivity contribution is 5.93. The summed E-state index contributed by atoms with van der Waals surface area (Å²) in [6.45, 7) is 6.36. The Kier molecular flexibility index (Phi) is 4.28. The zero-order valence-corrected chi connectivity index (χ0v) is 10.0. The molecule has 0 fully saturated rings. The summed E-state index contributed by atoms with van der Waals surface area (Å²) < 4.78 is 5.72. The normalized spacial score (nSPS) is 12.5. The summed E-state index contributed by atoms with van der Waals surface area (Å²) in [6.07, 6.45) is 2.76. The van der Waals surface area contributed by atoms with Gasteiger partial charge in [0.1, 0.15) is 17.3 Å². The lowest BCUT2D eigenvalue weighted by atomic mass is 10.1. The van der Waals surface area contributed by atoms with Gasteiger partial charge in [-0.15, -0.1) is 0 Å². The van der Waals surface area contributed by atoms with Gasteiger partial charge in [-0.25, -0.2) is 0 Å². The number of pyridine rings is 1. The number of aromatic nitrogens is 1. The SMILES string of the molecule is CC(C)CC(C)Oc1ccnc(C(=N)N)c1. The average Bonchev–Trinajstić information content (AvgIpc) is 2.16. The number of nitrogens with one attached hydrogen (secondary N) is 1. The highest BCUT2D eigenvalue weighted by Crippen LogP contribution is 2.16. The van der Waals surface area contributed by atoms with Crippen LogP contribution < -0.4 is 10.5 Å². The van der Waals surface area contributed by atoms with E-state index in [-0.39, 0.29) is 11.9 Å². The molecule has 4 heteroatoms. The highest BCUT2D eigenvalue weighted by atomic mass is 16.5. The molecule has 0 saturated heterocycles. The van der Waals surface area contributed by atoms with E-state index in [1.807, 2.05) is 6.92 Å². The maximum atomic E-state index is 7.29. The van der Waals surface area contributed by atoms with Crippen molar-refractivity contribution in [2.24, 2.45) is 11.7 Å². The average molecular weight is 221 g/mol. The Morgan fingerprint density at radius 3 is 2.75 bits per heavy atom. The van der Waals surface area contributed by atoms with Crippen molar-refractivity contribution in [3.63, 3.8) is 0 Å². The molecule has 0 aromatic carbocycles. The fourth-order valence-electron chi connectivity index (χ4n) is 1.58. The summed E-state index contributed by atoms with van der Waals surface area (Å²) >= 11 is 0. The smallest absolute Gasteiger partial charge is 0.141 e. The molecule has 1 atom stereocenters. The maximum absolute atomic E-state index is 7.29. The van der Waals surface area contributed by atoms with Crippen LogP contribution in [0, 0.1) is 11.3 Å². The molecular weight excluding hydrogens is 202 g/mol. The second kappa shape index (κ2) is 5.49. The summed E-state index contributed by atoms with van der Waals surface area (Å²) in [4.78, 5) is 3.98. The van der Waals surface area contributed by atoms with Crippen LogP contribution in [0.25, 0.3) is 0 Å². The van der Waals surface area contributed by atoms with Crippen LogP contribution in [0.1, 0.15) is 32.9 Å². The van der Waals surface area contributed by atoms with Gasteiger partial charge < -0.3 is 10.5 Å². The van der Waals surface area contributed by atoms with E-state index in [2.05, 4.69) is 18.8 Å². The van der Waals surface area contributed by atoms with E-state index >= 15 is 0 Å². The van der Waals surface area contributed by atoms with Gasteiger partial charge >= 0.3 is 0 Å². The lowest BCUT2D eigenvalue weighted by Gasteiger charge is -2.16. The van der Waals surface area contributed by atoms with Crippen molar-refractivity contribution < 1.29 is 4.74 Å². The Bertz CT molecular complexity index is 363. The second-order valence-electron chi connectivity index (χ2n) is 4.35. The first-order chi connectivity index (χ1) is 7.49. The van der Waals surface area contributed by atoms with Gasteiger partial charge in [0.05, 0.1) is 6.10 Å². The third kappa shape index (κ3) is 3.88. The van der Waals surface area contributed by atoms with Crippen LogP contribution in [0.15, 0.2) is 18.3 Å². The van der Waals surface area contributed by atoms with E-state index in [4.69, 9.17) is 15.9 Å². The zero-order chi connectivity index (χ0) is 12.1. The summed E-state index contributed by atoms with van der Waals surface area (Å²) in [5, 5.41) is 7.29. The highest BCUT2D eigenvalue weighted by Gasteiger charge is 2.08. The number of hydrogen-bond acceptors (Lipinski definition) is 3. The molecule has 0 aliphatic rings. The van der Waals surface area contributed by atoms with Crippen LogP contribution in [0.2, 0.25) is 0 Å². The Morgan fingerprint density at radius 1 is 1.50 bits per heavy atom.